The third-order valence-electron chi connectivity index (χ3n) is 6.51. The Morgan fingerprint density at radius 1 is 1.23 bits per heavy atom. The monoisotopic (exact) mass is 474 g/mol. The van der Waals surface area contributed by atoms with E-state index in [9.17, 15) is 18.0 Å². The average molecular weight is 475 g/mol. The molecule has 0 saturated carbocycles. The number of rotatable bonds is 5. The van der Waals surface area contributed by atoms with Gasteiger partial charge in [-0.3, -0.25) is 14.5 Å². The van der Waals surface area contributed by atoms with Gasteiger partial charge < -0.3 is 9.32 Å². The molecule has 4 rings (SSSR count). The van der Waals surface area contributed by atoms with Crippen molar-refractivity contribution in [1.82, 2.24) is 19.1 Å². The number of likely N-dealkylation sites (tertiary alicyclic amines) is 2. The zero-order valence-electron chi connectivity index (χ0n) is 18.2. The Bertz CT molecular complexity index is 928. The van der Waals surface area contributed by atoms with Gasteiger partial charge in [0.15, 0.2) is 5.69 Å². The van der Waals surface area contributed by atoms with Gasteiger partial charge in [-0.15, -0.1) is 12.4 Å². The van der Waals surface area contributed by atoms with Gasteiger partial charge in [0.2, 0.25) is 21.8 Å². The first-order valence-corrected chi connectivity index (χ1v) is 12.5. The van der Waals surface area contributed by atoms with E-state index in [4.69, 9.17) is 4.42 Å². The third-order valence-corrected chi connectivity index (χ3v) is 7.67. The van der Waals surface area contributed by atoms with E-state index in [2.05, 4.69) is 9.88 Å². The lowest BCUT2D eigenvalue weighted by molar-refractivity contribution is -0.129. The summed E-state index contributed by atoms with van der Waals surface area (Å²) < 4.78 is 31.1. The number of amides is 2. The predicted octanol–water partition coefficient (Wildman–Crippen LogP) is 1.74. The number of fused-ring (bicyclic) bond motifs is 1. The first-order chi connectivity index (χ1) is 14.2. The molecule has 3 saturated heterocycles. The van der Waals surface area contributed by atoms with Crippen LogP contribution in [0.1, 0.15) is 55.9 Å². The highest BCUT2D eigenvalue weighted by molar-refractivity contribution is 7.88. The van der Waals surface area contributed by atoms with Crippen molar-refractivity contribution >= 4 is 34.2 Å². The van der Waals surface area contributed by atoms with E-state index < -0.39 is 33.9 Å². The zero-order chi connectivity index (χ0) is 21.6. The predicted molar refractivity (Wildman–Crippen MR) is 116 cm³/mol. The molecule has 3 atom stereocenters. The number of hydrogen-bond donors (Lipinski definition) is 0. The lowest BCUT2D eigenvalue weighted by atomic mass is 9.88. The molecule has 0 aliphatic carbocycles. The van der Waals surface area contributed by atoms with Crippen LogP contribution in [0.4, 0.5) is 0 Å². The fourth-order valence-corrected chi connectivity index (χ4v) is 6.38. The number of oxazole rings is 1. The van der Waals surface area contributed by atoms with Crippen LogP contribution in [-0.4, -0.2) is 77.3 Å². The van der Waals surface area contributed by atoms with Crippen LogP contribution < -0.4 is 0 Å². The Morgan fingerprint density at radius 2 is 1.90 bits per heavy atom. The molecule has 3 fully saturated rings. The summed E-state index contributed by atoms with van der Waals surface area (Å²) in [6, 6.07) is -0.981. The van der Waals surface area contributed by atoms with E-state index in [1.807, 2.05) is 13.8 Å². The second-order valence-electron chi connectivity index (χ2n) is 8.98. The molecule has 3 aliphatic heterocycles. The molecule has 1 aromatic heterocycles. The van der Waals surface area contributed by atoms with Crippen molar-refractivity contribution in [2.24, 2.45) is 11.8 Å². The van der Waals surface area contributed by atoms with Gasteiger partial charge in [0.1, 0.15) is 6.26 Å². The molecule has 1 aromatic rings. The number of nitrogens with zero attached hydrogens (tertiary/aromatic N) is 4. The van der Waals surface area contributed by atoms with Gasteiger partial charge in [0, 0.05) is 6.54 Å². The second kappa shape index (κ2) is 9.07. The van der Waals surface area contributed by atoms with Crippen molar-refractivity contribution in [3.05, 3.63) is 17.8 Å². The highest BCUT2D eigenvalue weighted by Gasteiger charge is 2.58. The fourth-order valence-electron chi connectivity index (χ4n) is 5.21. The van der Waals surface area contributed by atoms with Crippen molar-refractivity contribution in [2.45, 2.75) is 58.2 Å². The van der Waals surface area contributed by atoms with Crippen LogP contribution >= 0.6 is 12.4 Å². The number of carbonyl (C=O) groups excluding carboxylic acids is 2. The van der Waals surface area contributed by atoms with Crippen molar-refractivity contribution in [2.75, 3.05) is 25.9 Å². The van der Waals surface area contributed by atoms with E-state index in [-0.39, 0.29) is 29.9 Å². The topological polar surface area (TPSA) is 104 Å². The Balaban J connectivity index is 0.00000272. The quantitative estimate of drug-likeness (QED) is 0.640. The van der Waals surface area contributed by atoms with Gasteiger partial charge in [0.25, 0.3) is 5.91 Å². The van der Waals surface area contributed by atoms with Crippen LogP contribution in [0.5, 0.6) is 0 Å². The Morgan fingerprint density at radius 3 is 2.52 bits per heavy atom. The molecule has 0 unspecified atom stereocenters. The summed E-state index contributed by atoms with van der Waals surface area (Å²) in [7, 11) is -3.69. The highest BCUT2D eigenvalue weighted by atomic mass is 35.5. The number of aromatic nitrogens is 1. The zero-order valence-corrected chi connectivity index (χ0v) is 19.8. The van der Waals surface area contributed by atoms with Gasteiger partial charge in [-0.1, -0.05) is 20.3 Å². The minimum absolute atomic E-state index is 0. The van der Waals surface area contributed by atoms with Gasteiger partial charge in [-0.2, -0.15) is 0 Å². The van der Waals surface area contributed by atoms with Crippen LogP contribution in [0.15, 0.2) is 10.7 Å². The lowest BCUT2D eigenvalue weighted by Crippen LogP contribution is -2.44. The molecule has 3 aliphatic rings. The Kier molecular flexibility index (Phi) is 7.02. The SMILES string of the molecule is CC(C)[C@@H]1C(=O)N(S(C)(=O)=O)[C@@H]2CCN(C(=O)c3coc(CN4CCCCC4)n3)[C@H]21.Cl. The summed E-state index contributed by atoms with van der Waals surface area (Å²) in [5, 5.41) is 0. The van der Waals surface area contributed by atoms with E-state index in [0.717, 1.165) is 36.5 Å². The number of halogens is 1. The largest absolute Gasteiger partial charge is 0.447 e. The maximum Gasteiger partial charge on any atom is 0.276 e. The molecule has 9 nitrogen and oxygen atoms in total. The minimum Gasteiger partial charge on any atom is -0.447 e. The van der Waals surface area contributed by atoms with Crippen LogP contribution in [0.3, 0.4) is 0 Å². The van der Waals surface area contributed by atoms with Gasteiger partial charge >= 0.3 is 0 Å². The number of sulfonamides is 1. The van der Waals surface area contributed by atoms with E-state index in [0.29, 0.717) is 25.4 Å². The molecular weight excluding hydrogens is 444 g/mol. The van der Waals surface area contributed by atoms with Crippen LogP contribution in [-0.2, 0) is 21.4 Å². The lowest BCUT2D eigenvalue weighted by Gasteiger charge is -2.28. The molecule has 0 radical (unpaired) electrons. The van der Waals surface area contributed by atoms with Crippen molar-refractivity contribution in [1.29, 1.82) is 0 Å². The normalized spacial score (nSPS) is 27.0. The van der Waals surface area contributed by atoms with Gasteiger partial charge in [-0.05, 0) is 38.3 Å². The molecule has 31 heavy (non-hydrogen) atoms. The second-order valence-corrected chi connectivity index (χ2v) is 10.8. The summed E-state index contributed by atoms with van der Waals surface area (Å²) in [5.41, 5.74) is 0.218. The van der Waals surface area contributed by atoms with Crippen molar-refractivity contribution < 1.29 is 22.4 Å². The smallest absolute Gasteiger partial charge is 0.276 e. The summed E-state index contributed by atoms with van der Waals surface area (Å²) in [6.07, 6.45) is 6.43. The highest BCUT2D eigenvalue weighted by Crippen LogP contribution is 2.41. The van der Waals surface area contributed by atoms with Gasteiger partial charge in [0.05, 0.1) is 30.8 Å². The fraction of sp³-hybridized carbons (Fsp3) is 0.750. The van der Waals surface area contributed by atoms with Gasteiger partial charge in [-0.25, -0.2) is 17.7 Å². The number of piperidine rings is 1. The first kappa shape index (κ1) is 24.0. The number of hydrogen-bond acceptors (Lipinski definition) is 7. The van der Waals surface area contributed by atoms with Crippen molar-refractivity contribution in [3.8, 4) is 0 Å². The maximum absolute atomic E-state index is 13.2. The van der Waals surface area contributed by atoms with E-state index in [1.165, 1.54) is 12.7 Å². The molecule has 0 aromatic carbocycles. The summed E-state index contributed by atoms with van der Waals surface area (Å²) in [4.78, 5) is 34.4. The minimum atomic E-state index is -3.69. The van der Waals surface area contributed by atoms with E-state index in [1.54, 1.807) is 4.90 Å². The van der Waals surface area contributed by atoms with Crippen molar-refractivity contribution in [3.63, 3.8) is 0 Å². The maximum atomic E-state index is 13.2. The molecule has 4 heterocycles. The van der Waals surface area contributed by atoms with Crippen LogP contribution in [0.25, 0.3) is 0 Å². The molecule has 174 valence electrons. The third kappa shape index (κ3) is 4.47. The Labute approximate surface area is 189 Å². The van der Waals surface area contributed by atoms with Crippen LogP contribution in [0.2, 0.25) is 0 Å². The standard InChI is InChI=1S/C20H30N4O5S.ClH/c1-13(2)17-18-15(24(20(17)26)30(3,27)28)7-10-23(18)19(25)14-12-29-16(21-14)11-22-8-5-4-6-9-22;/h12-13,15,17-18H,4-11H2,1-3H3;1H/t15-,17+,18-;/m1./s1. The molecule has 11 heteroatoms. The number of carbonyl (C=O) groups is 2. The molecular formula is C20H31ClN4O5S. The molecule has 0 spiro atoms. The molecule has 0 bridgehead atoms. The molecule has 2 amide bonds. The van der Waals surface area contributed by atoms with Crippen LogP contribution in [0, 0.1) is 11.8 Å². The summed E-state index contributed by atoms with van der Waals surface area (Å²) in [6.45, 7) is 6.75. The Hall–Kier alpha value is -1.65. The average Bonchev–Trinajstić information content (AvgIpc) is 3.35. The molecule has 0 N–H and O–H groups in total. The summed E-state index contributed by atoms with van der Waals surface area (Å²) in [5.74, 6) is -0.833. The first-order valence-electron chi connectivity index (χ1n) is 10.7. The van der Waals surface area contributed by atoms with E-state index >= 15 is 0 Å². The summed E-state index contributed by atoms with van der Waals surface area (Å²) >= 11 is 0.